The van der Waals surface area contributed by atoms with Crippen molar-refractivity contribution in [1.29, 1.82) is 0 Å². The van der Waals surface area contributed by atoms with Gasteiger partial charge in [0.1, 0.15) is 0 Å². The molecule has 0 radical (unpaired) electrons. The van der Waals surface area contributed by atoms with Gasteiger partial charge in [0.25, 0.3) is 5.91 Å². The third-order valence-electron chi connectivity index (χ3n) is 6.95. The van der Waals surface area contributed by atoms with Crippen LogP contribution in [0.4, 0.5) is 5.69 Å². The number of rotatable bonds is 13. The van der Waals surface area contributed by atoms with E-state index >= 15 is 0 Å². The monoisotopic (exact) mass is 669 g/mol. The van der Waals surface area contributed by atoms with Crippen LogP contribution in [-0.4, -0.2) is 58.7 Å². The topological polar surface area (TPSA) is 108 Å². The van der Waals surface area contributed by atoms with Gasteiger partial charge in [0, 0.05) is 17.8 Å². The van der Waals surface area contributed by atoms with Crippen LogP contribution in [-0.2, 0) is 17.8 Å². The molecule has 13 heteroatoms. The highest BCUT2D eigenvalue weighted by molar-refractivity contribution is 7.99. The SMILES string of the molecule is CCOc1cc(C(=O)NCc2nnc(SCC(=O)N3CCc4ccccc43)n2-c2ccc(Cl)c(Cl)c2)cc(OCC)c1OCC. The average Bonchev–Trinajstić information content (AvgIpc) is 3.66. The lowest BCUT2D eigenvalue weighted by Gasteiger charge is -2.17. The first-order valence-corrected chi connectivity index (χ1v) is 16.3. The highest BCUT2D eigenvalue weighted by Crippen LogP contribution is 2.39. The first-order valence-electron chi connectivity index (χ1n) is 14.6. The van der Waals surface area contributed by atoms with Crippen molar-refractivity contribution < 1.29 is 23.8 Å². The summed E-state index contributed by atoms with van der Waals surface area (Å²) in [7, 11) is 0. The summed E-state index contributed by atoms with van der Waals surface area (Å²) in [6.45, 7) is 7.42. The highest BCUT2D eigenvalue weighted by Gasteiger charge is 2.26. The second-order valence-electron chi connectivity index (χ2n) is 9.83. The van der Waals surface area contributed by atoms with Gasteiger partial charge in [0.2, 0.25) is 11.7 Å². The maximum atomic E-state index is 13.4. The molecule has 3 aromatic carbocycles. The number of hydrogen-bond donors (Lipinski definition) is 1. The van der Waals surface area contributed by atoms with Crippen molar-refractivity contribution in [3.63, 3.8) is 0 Å². The zero-order valence-corrected chi connectivity index (χ0v) is 27.5. The number of carbonyl (C=O) groups is 2. The van der Waals surface area contributed by atoms with Gasteiger partial charge in [-0.05, 0) is 69.2 Å². The molecule has 0 spiro atoms. The molecule has 5 rings (SSSR count). The van der Waals surface area contributed by atoms with Gasteiger partial charge in [-0.2, -0.15) is 0 Å². The number of benzene rings is 3. The number of fused-ring (bicyclic) bond motifs is 1. The second kappa shape index (κ2) is 14.9. The van der Waals surface area contributed by atoms with E-state index < -0.39 is 0 Å². The molecule has 0 aliphatic carbocycles. The van der Waals surface area contributed by atoms with Crippen molar-refractivity contribution in [3.05, 3.63) is 81.6 Å². The lowest BCUT2D eigenvalue weighted by molar-refractivity contribution is -0.116. The first kappa shape index (κ1) is 32.5. The predicted octanol–water partition coefficient (Wildman–Crippen LogP) is 6.38. The summed E-state index contributed by atoms with van der Waals surface area (Å²) in [5, 5.41) is 12.9. The number of para-hydroxylation sites is 1. The van der Waals surface area contributed by atoms with Crippen molar-refractivity contribution >= 4 is 52.5 Å². The number of nitrogens with one attached hydrogen (secondary N) is 1. The number of aromatic nitrogens is 3. The van der Waals surface area contributed by atoms with Crippen LogP contribution in [0.3, 0.4) is 0 Å². The fourth-order valence-corrected chi connectivity index (χ4v) is 6.11. The van der Waals surface area contributed by atoms with Gasteiger partial charge in [-0.1, -0.05) is 53.2 Å². The third-order valence-corrected chi connectivity index (χ3v) is 8.61. The fourth-order valence-electron chi connectivity index (χ4n) is 4.97. The van der Waals surface area contributed by atoms with Gasteiger partial charge in [-0.25, -0.2) is 0 Å². The van der Waals surface area contributed by atoms with Crippen molar-refractivity contribution in [3.8, 4) is 22.9 Å². The fraction of sp³-hybridized carbons (Fsp3) is 0.312. The van der Waals surface area contributed by atoms with E-state index in [1.165, 1.54) is 11.8 Å². The smallest absolute Gasteiger partial charge is 0.251 e. The van der Waals surface area contributed by atoms with Gasteiger partial charge in [0.05, 0.1) is 47.9 Å². The molecular formula is C32H33Cl2N5O5S. The molecule has 0 unspecified atom stereocenters. The van der Waals surface area contributed by atoms with E-state index in [0.717, 1.165) is 17.7 Å². The van der Waals surface area contributed by atoms with Gasteiger partial charge in [-0.15, -0.1) is 10.2 Å². The Bertz CT molecular complexity index is 1670. The number of carbonyl (C=O) groups excluding carboxylic acids is 2. The number of ether oxygens (including phenoxy) is 3. The minimum Gasteiger partial charge on any atom is -0.490 e. The van der Waals surface area contributed by atoms with Crippen molar-refractivity contribution in [2.75, 3.05) is 37.0 Å². The summed E-state index contributed by atoms with van der Waals surface area (Å²) in [5.74, 6) is 1.45. The molecule has 0 saturated carbocycles. The number of nitrogens with zero attached hydrogens (tertiary/aromatic N) is 4. The molecule has 1 aromatic heterocycles. The third kappa shape index (κ3) is 7.32. The number of hydrogen-bond acceptors (Lipinski definition) is 8. The quantitative estimate of drug-likeness (QED) is 0.163. The van der Waals surface area contributed by atoms with E-state index in [2.05, 4.69) is 15.5 Å². The Morgan fingerprint density at radius 3 is 2.31 bits per heavy atom. The molecule has 0 saturated heterocycles. The predicted molar refractivity (Wildman–Crippen MR) is 176 cm³/mol. The van der Waals surface area contributed by atoms with Crippen LogP contribution in [0.1, 0.15) is 42.5 Å². The molecule has 1 aliphatic rings. The molecular weight excluding hydrogens is 637 g/mol. The maximum absolute atomic E-state index is 13.4. The second-order valence-corrected chi connectivity index (χ2v) is 11.6. The Morgan fingerprint density at radius 1 is 0.911 bits per heavy atom. The summed E-state index contributed by atoms with van der Waals surface area (Å²) in [5.41, 5.74) is 3.06. The van der Waals surface area contributed by atoms with Crippen LogP contribution >= 0.6 is 35.0 Å². The van der Waals surface area contributed by atoms with E-state index in [1.807, 2.05) is 45.0 Å². The van der Waals surface area contributed by atoms with Crippen LogP contribution in [0.25, 0.3) is 5.69 Å². The Morgan fingerprint density at radius 2 is 1.62 bits per heavy atom. The number of halogens is 2. The molecule has 236 valence electrons. The van der Waals surface area contributed by atoms with E-state index in [9.17, 15) is 9.59 Å². The Labute approximate surface area is 276 Å². The lowest BCUT2D eigenvalue weighted by Crippen LogP contribution is -2.30. The Kier molecular flexibility index (Phi) is 10.7. The van der Waals surface area contributed by atoms with E-state index in [-0.39, 0.29) is 24.1 Å². The molecule has 0 atom stereocenters. The number of amides is 2. The summed E-state index contributed by atoms with van der Waals surface area (Å²) in [4.78, 5) is 28.4. The first-order chi connectivity index (χ1) is 21.8. The largest absolute Gasteiger partial charge is 0.490 e. The number of anilines is 1. The molecule has 1 aliphatic heterocycles. The average molecular weight is 671 g/mol. The zero-order valence-electron chi connectivity index (χ0n) is 25.1. The Balaban J connectivity index is 1.38. The molecule has 10 nitrogen and oxygen atoms in total. The van der Waals surface area contributed by atoms with E-state index in [0.29, 0.717) is 75.9 Å². The lowest BCUT2D eigenvalue weighted by atomic mass is 10.1. The van der Waals surface area contributed by atoms with Crippen molar-refractivity contribution in [2.45, 2.75) is 38.9 Å². The van der Waals surface area contributed by atoms with Crippen LogP contribution in [0.2, 0.25) is 10.0 Å². The van der Waals surface area contributed by atoms with Crippen LogP contribution in [0.5, 0.6) is 17.2 Å². The van der Waals surface area contributed by atoms with E-state index in [1.54, 1.807) is 39.8 Å². The van der Waals surface area contributed by atoms with Crippen LogP contribution < -0.4 is 24.4 Å². The molecule has 0 fully saturated rings. The standard InChI is InChI=1S/C32H33Cl2N5O5S/c1-4-42-26-15-21(16-27(43-5-2)30(26)44-6-3)31(41)35-18-28-36-37-32(39(28)22-11-12-23(33)24(34)17-22)45-19-29(40)38-14-13-20-9-7-8-10-25(20)38/h7-12,15-17H,4-6,13-14,18-19H2,1-3H3,(H,35,41). The van der Waals surface area contributed by atoms with E-state index in [4.69, 9.17) is 37.4 Å². The molecule has 2 amide bonds. The van der Waals surface area contributed by atoms with Gasteiger partial charge < -0.3 is 24.4 Å². The summed E-state index contributed by atoms with van der Waals surface area (Å²) in [6, 6.07) is 16.3. The van der Waals surface area contributed by atoms with Crippen molar-refractivity contribution in [2.24, 2.45) is 0 Å². The van der Waals surface area contributed by atoms with Crippen molar-refractivity contribution in [1.82, 2.24) is 20.1 Å². The minimum atomic E-state index is -0.374. The molecule has 2 heterocycles. The summed E-state index contributed by atoms with van der Waals surface area (Å²) < 4.78 is 19.0. The van der Waals surface area contributed by atoms with Crippen LogP contribution in [0, 0.1) is 0 Å². The molecule has 4 aromatic rings. The van der Waals surface area contributed by atoms with Gasteiger partial charge in [0.15, 0.2) is 22.5 Å². The normalized spacial score (nSPS) is 12.2. The maximum Gasteiger partial charge on any atom is 0.251 e. The zero-order chi connectivity index (χ0) is 31.9. The Hall–Kier alpha value is -3.93. The highest BCUT2D eigenvalue weighted by atomic mass is 35.5. The summed E-state index contributed by atoms with van der Waals surface area (Å²) >= 11 is 13.8. The molecule has 45 heavy (non-hydrogen) atoms. The molecule has 1 N–H and O–H groups in total. The minimum absolute atomic E-state index is 0.0290. The van der Waals surface area contributed by atoms with Crippen LogP contribution in [0.15, 0.2) is 59.8 Å². The van der Waals surface area contributed by atoms with Gasteiger partial charge in [-0.3, -0.25) is 14.2 Å². The van der Waals surface area contributed by atoms with Gasteiger partial charge >= 0.3 is 0 Å². The number of thioether (sulfide) groups is 1. The molecule has 0 bridgehead atoms. The summed E-state index contributed by atoms with van der Waals surface area (Å²) in [6.07, 6.45) is 0.822.